The van der Waals surface area contributed by atoms with E-state index in [0.717, 1.165) is 0 Å². The summed E-state index contributed by atoms with van der Waals surface area (Å²) in [5.74, 6) is -0.0159. The maximum Gasteiger partial charge on any atom is 0.351 e. The number of anilines is 1. The first-order valence-electron chi connectivity index (χ1n) is 6.48. The van der Waals surface area contributed by atoms with Gasteiger partial charge in [0.2, 0.25) is 0 Å². The Kier molecular flexibility index (Phi) is 4.39. The Bertz CT molecular complexity index is 532. The number of aromatic nitrogens is 2. The molecule has 112 valence electrons. The molecule has 4 atom stereocenters. The molecule has 20 heavy (non-hydrogen) atoms. The molecule has 0 unspecified atom stereocenters. The number of nitrogens with two attached hydrogens (primary N) is 1. The highest BCUT2D eigenvalue weighted by Crippen LogP contribution is 2.29. The van der Waals surface area contributed by atoms with Crippen LogP contribution >= 0.6 is 0 Å². The van der Waals surface area contributed by atoms with Crippen LogP contribution in [-0.4, -0.2) is 43.7 Å². The van der Waals surface area contributed by atoms with Gasteiger partial charge in [0.1, 0.15) is 18.1 Å². The normalized spacial score (nSPS) is 27.7. The third-order valence-electron chi connectivity index (χ3n) is 3.45. The molecule has 0 spiro atoms. The van der Waals surface area contributed by atoms with Crippen molar-refractivity contribution in [2.75, 3.05) is 12.3 Å². The molecule has 1 aliphatic heterocycles. The number of hydrogen-bond donors (Lipinski definition) is 4. The van der Waals surface area contributed by atoms with Crippen LogP contribution in [0, 0.1) is 0 Å². The van der Waals surface area contributed by atoms with Gasteiger partial charge >= 0.3 is 5.69 Å². The van der Waals surface area contributed by atoms with Crippen molar-refractivity contribution in [3.8, 4) is 0 Å². The van der Waals surface area contributed by atoms with E-state index in [0.29, 0.717) is 12.0 Å². The zero-order chi connectivity index (χ0) is 14.9. The molecular formula is C12H19N3O5. The molecule has 0 aliphatic carbocycles. The largest absolute Gasteiger partial charge is 0.394 e. The van der Waals surface area contributed by atoms with Gasteiger partial charge in [-0.1, -0.05) is 6.92 Å². The molecule has 1 fully saturated rings. The highest BCUT2D eigenvalue weighted by Gasteiger charge is 2.35. The van der Waals surface area contributed by atoms with Crippen LogP contribution in [0.25, 0.3) is 0 Å². The minimum absolute atomic E-state index is 0.0159. The van der Waals surface area contributed by atoms with Gasteiger partial charge in [-0.3, -0.25) is 4.57 Å². The van der Waals surface area contributed by atoms with Crippen LogP contribution in [0.4, 0.5) is 5.82 Å². The van der Waals surface area contributed by atoms with E-state index in [1.807, 2.05) is 0 Å². The molecule has 0 bridgehead atoms. The second-order valence-corrected chi connectivity index (χ2v) is 4.81. The van der Waals surface area contributed by atoms with E-state index in [-0.39, 0.29) is 18.8 Å². The molecule has 0 aromatic carbocycles. The Labute approximate surface area is 115 Å². The molecule has 0 radical (unpaired) electrons. The zero-order valence-electron chi connectivity index (χ0n) is 11.1. The second-order valence-electron chi connectivity index (χ2n) is 4.81. The SMILES string of the molecule is CC[C@@H](O)c1cn([C@H]2C[C@@H](O)[C@@H](CO)O2)c(=O)nc1N. The van der Waals surface area contributed by atoms with E-state index in [9.17, 15) is 15.0 Å². The van der Waals surface area contributed by atoms with Gasteiger partial charge in [-0.2, -0.15) is 4.98 Å². The highest BCUT2D eigenvalue weighted by atomic mass is 16.5. The van der Waals surface area contributed by atoms with E-state index >= 15 is 0 Å². The predicted molar refractivity (Wildman–Crippen MR) is 69.8 cm³/mol. The van der Waals surface area contributed by atoms with Crippen molar-refractivity contribution >= 4 is 5.82 Å². The van der Waals surface area contributed by atoms with Crippen molar-refractivity contribution in [3.05, 3.63) is 22.2 Å². The van der Waals surface area contributed by atoms with Gasteiger partial charge in [0.15, 0.2) is 0 Å². The summed E-state index contributed by atoms with van der Waals surface area (Å²) in [5, 5.41) is 28.6. The minimum atomic E-state index is -0.853. The lowest BCUT2D eigenvalue weighted by atomic mass is 10.1. The van der Waals surface area contributed by atoms with Gasteiger partial charge in [-0.15, -0.1) is 0 Å². The Morgan fingerprint density at radius 2 is 2.35 bits per heavy atom. The van der Waals surface area contributed by atoms with Crippen molar-refractivity contribution in [2.24, 2.45) is 0 Å². The molecule has 5 N–H and O–H groups in total. The van der Waals surface area contributed by atoms with Crippen molar-refractivity contribution in [2.45, 2.75) is 44.3 Å². The lowest BCUT2D eigenvalue weighted by Gasteiger charge is -2.17. The van der Waals surface area contributed by atoms with Gasteiger partial charge in [0.05, 0.1) is 18.8 Å². The third-order valence-corrected chi connectivity index (χ3v) is 3.45. The predicted octanol–water partition coefficient (Wildman–Crippen LogP) is -1.09. The average Bonchev–Trinajstić information content (AvgIpc) is 2.79. The number of nitrogens with zero attached hydrogens (tertiary/aromatic N) is 2. The molecule has 1 saturated heterocycles. The third kappa shape index (κ3) is 2.68. The topological polar surface area (TPSA) is 131 Å². The Balaban J connectivity index is 2.35. The summed E-state index contributed by atoms with van der Waals surface area (Å²) in [4.78, 5) is 15.5. The minimum Gasteiger partial charge on any atom is -0.394 e. The number of hydrogen-bond acceptors (Lipinski definition) is 7. The van der Waals surface area contributed by atoms with Gasteiger partial charge in [-0.05, 0) is 6.42 Å². The first-order chi connectivity index (χ1) is 9.47. The number of aliphatic hydroxyl groups excluding tert-OH is 3. The highest BCUT2D eigenvalue weighted by molar-refractivity contribution is 5.38. The molecule has 1 aromatic rings. The van der Waals surface area contributed by atoms with Crippen molar-refractivity contribution in [3.63, 3.8) is 0 Å². The fourth-order valence-electron chi connectivity index (χ4n) is 2.23. The molecule has 0 amide bonds. The molecule has 1 aliphatic rings. The molecule has 2 rings (SSSR count). The van der Waals surface area contributed by atoms with Crippen LogP contribution in [0.1, 0.15) is 37.7 Å². The maximum atomic E-state index is 11.9. The van der Waals surface area contributed by atoms with Crippen LogP contribution in [0.3, 0.4) is 0 Å². The summed E-state index contributed by atoms with van der Waals surface area (Å²) in [6.07, 6.45) is -1.15. The van der Waals surface area contributed by atoms with E-state index in [1.165, 1.54) is 10.8 Å². The van der Waals surface area contributed by atoms with Crippen molar-refractivity contribution < 1.29 is 20.1 Å². The first-order valence-corrected chi connectivity index (χ1v) is 6.48. The lowest BCUT2D eigenvalue weighted by Crippen LogP contribution is -2.29. The van der Waals surface area contributed by atoms with Crippen LogP contribution in [0.15, 0.2) is 11.0 Å². The van der Waals surface area contributed by atoms with E-state index in [4.69, 9.17) is 15.6 Å². The summed E-state index contributed by atoms with van der Waals surface area (Å²) >= 11 is 0. The first kappa shape index (κ1) is 14.9. The van der Waals surface area contributed by atoms with Crippen molar-refractivity contribution in [1.82, 2.24) is 9.55 Å². The summed E-state index contributed by atoms with van der Waals surface area (Å²) in [6.45, 7) is 1.44. The standard InChI is InChI=1S/C12H19N3O5/c1-2-7(17)6-4-15(12(19)14-11(6)13)10-3-8(18)9(5-16)20-10/h4,7-10,16-18H,2-3,5H2,1H3,(H2,13,14,19)/t7-,8-,9-,10-/m1/s1. The van der Waals surface area contributed by atoms with Crippen LogP contribution < -0.4 is 11.4 Å². The zero-order valence-corrected chi connectivity index (χ0v) is 11.1. The smallest absolute Gasteiger partial charge is 0.351 e. The van der Waals surface area contributed by atoms with Gasteiger partial charge in [-0.25, -0.2) is 4.79 Å². The Morgan fingerprint density at radius 3 is 2.90 bits per heavy atom. The fourth-order valence-corrected chi connectivity index (χ4v) is 2.23. The summed E-state index contributed by atoms with van der Waals surface area (Å²) in [6, 6.07) is 0. The number of ether oxygens (including phenoxy) is 1. The lowest BCUT2D eigenvalue weighted by molar-refractivity contribution is -0.0460. The molecular weight excluding hydrogens is 266 g/mol. The molecule has 2 heterocycles. The maximum absolute atomic E-state index is 11.9. The number of aliphatic hydroxyl groups is 3. The monoisotopic (exact) mass is 285 g/mol. The van der Waals surface area contributed by atoms with E-state index in [2.05, 4.69) is 4.98 Å². The molecule has 1 aromatic heterocycles. The van der Waals surface area contributed by atoms with Crippen LogP contribution in [0.2, 0.25) is 0 Å². The average molecular weight is 285 g/mol. The quantitative estimate of drug-likeness (QED) is 0.552. The number of rotatable bonds is 4. The molecule has 8 nitrogen and oxygen atoms in total. The van der Waals surface area contributed by atoms with Crippen LogP contribution in [0.5, 0.6) is 0 Å². The summed E-state index contributed by atoms with van der Waals surface area (Å²) in [7, 11) is 0. The molecule has 8 heteroatoms. The van der Waals surface area contributed by atoms with E-state index < -0.39 is 30.2 Å². The van der Waals surface area contributed by atoms with Gasteiger partial charge in [0, 0.05) is 18.2 Å². The van der Waals surface area contributed by atoms with Crippen molar-refractivity contribution in [1.29, 1.82) is 0 Å². The van der Waals surface area contributed by atoms with Crippen LogP contribution in [-0.2, 0) is 4.74 Å². The fraction of sp³-hybridized carbons (Fsp3) is 0.667. The van der Waals surface area contributed by atoms with E-state index in [1.54, 1.807) is 6.92 Å². The number of nitrogen functional groups attached to an aromatic ring is 1. The second kappa shape index (κ2) is 5.88. The van der Waals surface area contributed by atoms with Gasteiger partial charge in [0.25, 0.3) is 0 Å². The Morgan fingerprint density at radius 1 is 1.65 bits per heavy atom. The summed E-state index contributed by atoms with van der Waals surface area (Å²) < 4.78 is 6.58. The Hall–Kier alpha value is -1.48. The molecule has 0 saturated carbocycles. The van der Waals surface area contributed by atoms with Gasteiger partial charge < -0.3 is 25.8 Å². The summed E-state index contributed by atoms with van der Waals surface area (Å²) in [5.41, 5.74) is 5.36.